The highest BCUT2D eigenvalue weighted by Crippen LogP contribution is 2.45. The van der Waals surface area contributed by atoms with E-state index in [9.17, 15) is 0 Å². The van der Waals surface area contributed by atoms with Crippen LogP contribution in [0.25, 0.3) is 47.6 Å². The fourth-order valence-corrected chi connectivity index (χ4v) is 18.0. The molecule has 4 heteroatoms. The van der Waals surface area contributed by atoms with E-state index in [1.54, 1.807) is 0 Å². The number of anilines is 2. The zero-order valence-corrected chi connectivity index (χ0v) is 34.1. The lowest BCUT2D eigenvalue weighted by atomic mass is 9.99. The molecule has 0 saturated heterocycles. The first kappa shape index (κ1) is 34.1. The van der Waals surface area contributed by atoms with E-state index in [1.165, 1.54) is 83.7 Å². The van der Waals surface area contributed by atoms with E-state index in [2.05, 4.69) is 206 Å². The molecule has 0 N–H and O–H groups in total. The molecule has 0 bridgehead atoms. The van der Waals surface area contributed by atoms with Crippen molar-refractivity contribution >= 4 is 99.8 Å². The van der Waals surface area contributed by atoms with Crippen molar-refractivity contribution in [1.29, 1.82) is 0 Å². The molecule has 2 aliphatic rings. The summed E-state index contributed by atoms with van der Waals surface area (Å²) < 4.78 is 2.56. The first-order valence-corrected chi connectivity index (χ1v) is 23.1. The van der Waals surface area contributed by atoms with Crippen LogP contribution >= 0.6 is 23.1 Å². The minimum atomic E-state index is -2.61. The number of benzene rings is 8. The van der Waals surface area contributed by atoms with Crippen LogP contribution in [0.15, 0.2) is 216 Å². The first-order valence-electron chi connectivity index (χ1n) is 19.5. The molecule has 1 aromatic heterocycles. The van der Waals surface area contributed by atoms with Crippen LogP contribution in [0.4, 0.5) is 11.4 Å². The van der Waals surface area contributed by atoms with Gasteiger partial charge in [0.1, 0.15) is 0 Å². The van der Waals surface area contributed by atoms with E-state index in [4.69, 9.17) is 0 Å². The molecule has 1 spiro atoms. The summed E-state index contributed by atoms with van der Waals surface area (Å²) in [5.74, 6) is 0. The third-order valence-electron chi connectivity index (χ3n) is 11.9. The number of allylic oxidation sites excluding steroid dienone is 4. The summed E-state index contributed by atoms with van der Waals surface area (Å²) in [4.78, 5) is 5.11. The van der Waals surface area contributed by atoms with E-state index in [0.29, 0.717) is 0 Å². The third-order valence-corrected chi connectivity index (χ3v) is 19.6. The van der Waals surface area contributed by atoms with Crippen LogP contribution in [0, 0.1) is 0 Å². The third kappa shape index (κ3) is 5.15. The van der Waals surface area contributed by atoms with E-state index < -0.39 is 8.07 Å². The Labute approximate surface area is 342 Å². The second-order valence-electron chi connectivity index (χ2n) is 14.9. The van der Waals surface area contributed by atoms with Gasteiger partial charge >= 0.3 is 0 Å². The summed E-state index contributed by atoms with van der Waals surface area (Å²) in [5.41, 5.74) is 8.48. The minimum Gasteiger partial charge on any atom is -0.309 e. The predicted octanol–water partition coefficient (Wildman–Crippen LogP) is 12.3. The smallest absolute Gasteiger partial charge is 0.183 e. The molecule has 57 heavy (non-hydrogen) atoms. The fraction of sp³-hybridized carbons (Fsp3) is 0.0189. The summed E-state index contributed by atoms with van der Waals surface area (Å²) in [6.45, 7) is 6.66. The molecule has 2 aliphatic heterocycles. The second-order valence-corrected chi connectivity index (χ2v) is 20.7. The van der Waals surface area contributed by atoms with Gasteiger partial charge in [-0.15, -0.1) is 11.3 Å². The van der Waals surface area contributed by atoms with Crippen LogP contribution in [0.5, 0.6) is 0 Å². The molecule has 0 saturated carbocycles. The lowest BCUT2D eigenvalue weighted by Crippen LogP contribution is -2.74. The lowest BCUT2D eigenvalue weighted by molar-refractivity contribution is 1.21. The van der Waals surface area contributed by atoms with E-state index >= 15 is 0 Å². The maximum Gasteiger partial charge on any atom is 0.183 e. The van der Waals surface area contributed by atoms with Crippen LogP contribution < -0.4 is 25.6 Å². The molecule has 0 aliphatic carbocycles. The molecule has 0 radical (unpaired) electrons. The van der Waals surface area contributed by atoms with E-state index in [0.717, 1.165) is 17.1 Å². The van der Waals surface area contributed by atoms with Gasteiger partial charge in [-0.2, -0.15) is 0 Å². The zero-order chi connectivity index (χ0) is 38.1. The molecule has 0 unspecified atom stereocenters. The van der Waals surface area contributed by atoms with Crippen molar-refractivity contribution in [3.63, 3.8) is 0 Å². The van der Waals surface area contributed by atoms with Crippen LogP contribution in [-0.4, -0.2) is 8.07 Å². The predicted molar refractivity (Wildman–Crippen MR) is 251 cm³/mol. The number of hydrogen-bond donors (Lipinski definition) is 0. The molecule has 0 fully saturated rings. The minimum absolute atomic E-state index is 1.02. The topological polar surface area (TPSA) is 3.24 Å². The molecular formula is C53H37NS2Si. The highest BCUT2D eigenvalue weighted by molar-refractivity contribution is 8.00. The number of hydrogen-bond acceptors (Lipinski definition) is 3. The first-order chi connectivity index (χ1) is 28.1. The molecule has 0 atom stereocenters. The highest BCUT2D eigenvalue weighted by Gasteiger charge is 2.52. The monoisotopic (exact) mass is 779 g/mol. The van der Waals surface area contributed by atoms with Crippen molar-refractivity contribution in [3.8, 4) is 11.1 Å². The van der Waals surface area contributed by atoms with Gasteiger partial charge in [-0.1, -0.05) is 170 Å². The average molecular weight is 780 g/mol. The van der Waals surface area contributed by atoms with Crippen LogP contribution in [-0.2, 0) is 0 Å². The van der Waals surface area contributed by atoms with Gasteiger partial charge in [-0.05, 0) is 103 Å². The molecule has 3 heterocycles. The number of thiophene rings is 1. The Morgan fingerprint density at radius 3 is 2.00 bits per heavy atom. The Morgan fingerprint density at radius 2 is 1.19 bits per heavy atom. The van der Waals surface area contributed by atoms with Crippen molar-refractivity contribution in [2.75, 3.05) is 4.90 Å². The Balaban J connectivity index is 1.14. The number of fused-ring (bicyclic) bond motifs is 13. The largest absolute Gasteiger partial charge is 0.309 e. The number of nitrogens with zero attached hydrogens (tertiary/aromatic N) is 1. The van der Waals surface area contributed by atoms with Crippen LogP contribution in [0.1, 0.15) is 12.5 Å². The van der Waals surface area contributed by atoms with Crippen molar-refractivity contribution in [1.82, 2.24) is 0 Å². The Hall–Kier alpha value is -6.17. The summed E-state index contributed by atoms with van der Waals surface area (Å²) in [6.07, 6.45) is 6.52. The molecule has 270 valence electrons. The van der Waals surface area contributed by atoms with Gasteiger partial charge in [0.2, 0.25) is 0 Å². The number of rotatable bonds is 6. The molecule has 11 rings (SSSR count). The van der Waals surface area contributed by atoms with Gasteiger partial charge in [0.25, 0.3) is 0 Å². The Kier molecular flexibility index (Phi) is 8.07. The molecule has 1 nitrogen and oxygen atoms in total. The summed E-state index contributed by atoms with van der Waals surface area (Å²) >= 11 is 3.78. The Bertz CT molecular complexity index is 3120. The van der Waals surface area contributed by atoms with Crippen molar-refractivity contribution in [2.45, 2.75) is 16.7 Å². The summed E-state index contributed by atoms with van der Waals surface area (Å²) in [5, 5.41) is 11.0. The van der Waals surface area contributed by atoms with Crippen LogP contribution in [0.2, 0.25) is 0 Å². The standard InChI is InChI=1S/C53H37NS2Si/c1-3-37(31-30-35(2)39-22-14-17-36-16-4-5-18-40(36)39)54(45-24-15-23-44-41-19-6-9-25-46(41)56-53(44)45)38-32-33-52-48(34-38)55-47-26-10-13-29-51(47)57(52)49-27-11-7-20-42(49)43-21-8-12-28-50(43)57/h3-34H,1H2,2H3/b35-30+,37-31+. The normalized spacial score (nSPS) is 14.1. The molecule has 0 amide bonds. The maximum absolute atomic E-state index is 4.45. The van der Waals surface area contributed by atoms with Gasteiger partial charge in [0, 0.05) is 36.6 Å². The van der Waals surface area contributed by atoms with Gasteiger partial charge in [-0.3, -0.25) is 0 Å². The fourth-order valence-electron chi connectivity index (χ4n) is 9.43. The van der Waals surface area contributed by atoms with E-state index in [1.807, 2.05) is 29.2 Å². The van der Waals surface area contributed by atoms with Gasteiger partial charge in [0.15, 0.2) is 8.07 Å². The quantitative estimate of drug-likeness (QED) is 0.122. The molecule has 8 aromatic carbocycles. The SMILES string of the molecule is C=C/C(=C\C=C(/C)c1cccc2ccccc12)N(c1ccc2c(c1)Sc1ccccc1[Si]21c2ccccc2-c2ccccc21)c1cccc2c1sc1ccccc12. The highest BCUT2D eigenvalue weighted by atomic mass is 32.2. The van der Waals surface area contributed by atoms with E-state index in [-0.39, 0.29) is 0 Å². The summed E-state index contributed by atoms with van der Waals surface area (Å²) in [6, 6.07) is 65.5. The van der Waals surface area contributed by atoms with Crippen LogP contribution in [0.3, 0.4) is 0 Å². The van der Waals surface area contributed by atoms with Crippen molar-refractivity contribution in [2.24, 2.45) is 0 Å². The molecule has 9 aromatic rings. The Morgan fingerprint density at radius 1 is 0.561 bits per heavy atom. The van der Waals surface area contributed by atoms with Crippen molar-refractivity contribution in [3.05, 3.63) is 212 Å². The second kappa shape index (κ2) is 13.5. The zero-order valence-electron chi connectivity index (χ0n) is 31.4. The molecular weight excluding hydrogens is 743 g/mol. The summed E-state index contributed by atoms with van der Waals surface area (Å²) in [7, 11) is -2.61. The lowest BCUT2D eigenvalue weighted by Gasteiger charge is -2.38. The average Bonchev–Trinajstić information content (AvgIpc) is 3.79. The van der Waals surface area contributed by atoms with Gasteiger partial charge in [-0.25, -0.2) is 0 Å². The van der Waals surface area contributed by atoms with Gasteiger partial charge in [0.05, 0.1) is 10.4 Å². The maximum atomic E-state index is 4.45. The van der Waals surface area contributed by atoms with Gasteiger partial charge < -0.3 is 4.90 Å². The van der Waals surface area contributed by atoms with Crippen molar-refractivity contribution < 1.29 is 0 Å².